The minimum absolute atomic E-state index is 0.104. The lowest BCUT2D eigenvalue weighted by Gasteiger charge is -1.98. The number of hydrogen-bond donors (Lipinski definition) is 0. The van der Waals surface area contributed by atoms with Gasteiger partial charge in [-0.3, -0.25) is 0 Å². The Hall–Kier alpha value is -0.630. The fraction of sp³-hybridized carbons (Fsp3) is 0. The van der Waals surface area contributed by atoms with Crippen molar-refractivity contribution in [2.45, 2.75) is 0 Å². The van der Waals surface area contributed by atoms with E-state index in [1.54, 1.807) is 0 Å². The first-order valence-electron chi connectivity index (χ1n) is 3.62. The van der Waals surface area contributed by atoms with Gasteiger partial charge in [-0.05, 0) is 34.7 Å². The van der Waals surface area contributed by atoms with Crippen LogP contribution >= 0.6 is 33.9 Å². The average Bonchev–Trinajstić information content (AvgIpc) is 2.51. The maximum atomic E-state index is 13.2. The SMILES string of the molecule is Fc1cccc(F)c1-c1nnc(I)s1. The number of halogens is 3. The third-order valence-corrected chi connectivity index (χ3v) is 3.18. The monoisotopic (exact) mass is 324 g/mol. The molecule has 0 bridgehead atoms. The Bertz CT molecular complexity index is 452. The molecule has 0 fully saturated rings. The van der Waals surface area contributed by atoms with Gasteiger partial charge in [0.1, 0.15) is 11.6 Å². The summed E-state index contributed by atoms with van der Waals surface area (Å²) in [5, 5.41) is 7.65. The van der Waals surface area contributed by atoms with E-state index < -0.39 is 11.6 Å². The molecule has 0 amide bonds. The van der Waals surface area contributed by atoms with Gasteiger partial charge in [-0.15, -0.1) is 10.2 Å². The Kier molecular flexibility index (Phi) is 2.73. The molecule has 0 spiro atoms. The van der Waals surface area contributed by atoms with Crippen molar-refractivity contribution in [1.82, 2.24) is 10.2 Å². The first-order chi connectivity index (χ1) is 6.68. The van der Waals surface area contributed by atoms with E-state index in [-0.39, 0.29) is 10.6 Å². The summed E-state index contributed by atoms with van der Waals surface area (Å²) in [5.74, 6) is -1.23. The summed E-state index contributed by atoms with van der Waals surface area (Å²) in [6.45, 7) is 0. The zero-order valence-electron chi connectivity index (χ0n) is 6.67. The van der Waals surface area contributed by atoms with Crippen molar-refractivity contribution in [3.05, 3.63) is 32.8 Å². The van der Waals surface area contributed by atoms with Gasteiger partial charge in [0.25, 0.3) is 0 Å². The predicted octanol–water partition coefficient (Wildman–Crippen LogP) is 3.09. The normalized spacial score (nSPS) is 10.5. The fourth-order valence-corrected chi connectivity index (χ4v) is 2.36. The highest BCUT2D eigenvalue weighted by Crippen LogP contribution is 2.28. The summed E-state index contributed by atoms with van der Waals surface area (Å²) >= 11 is 3.10. The molecule has 2 aromatic rings. The number of aromatic nitrogens is 2. The Morgan fingerprint density at radius 1 is 1.14 bits per heavy atom. The first-order valence-corrected chi connectivity index (χ1v) is 5.51. The van der Waals surface area contributed by atoms with Crippen molar-refractivity contribution in [2.75, 3.05) is 0 Å². The Labute approximate surface area is 96.1 Å². The summed E-state index contributed by atoms with van der Waals surface area (Å²) in [4.78, 5) is 0. The molecule has 0 radical (unpaired) electrons. The maximum Gasteiger partial charge on any atom is 0.178 e. The zero-order chi connectivity index (χ0) is 10.1. The van der Waals surface area contributed by atoms with Crippen LogP contribution in [0.4, 0.5) is 8.78 Å². The molecule has 0 aliphatic heterocycles. The second-order valence-electron chi connectivity index (χ2n) is 2.46. The molecular formula is C8H3F2IN2S. The summed E-state index contributed by atoms with van der Waals surface area (Å²) < 4.78 is 27.1. The molecule has 0 aliphatic carbocycles. The third-order valence-electron chi connectivity index (χ3n) is 1.58. The topological polar surface area (TPSA) is 25.8 Å². The molecule has 2 rings (SSSR count). The highest BCUT2D eigenvalue weighted by molar-refractivity contribution is 14.1. The van der Waals surface area contributed by atoms with E-state index in [0.717, 1.165) is 11.3 Å². The van der Waals surface area contributed by atoms with E-state index >= 15 is 0 Å². The van der Waals surface area contributed by atoms with Crippen LogP contribution < -0.4 is 0 Å². The van der Waals surface area contributed by atoms with Crippen LogP contribution in [0.25, 0.3) is 10.6 Å². The van der Waals surface area contributed by atoms with Crippen molar-refractivity contribution < 1.29 is 8.78 Å². The van der Waals surface area contributed by atoms with Crippen LogP contribution in [0.3, 0.4) is 0 Å². The zero-order valence-corrected chi connectivity index (χ0v) is 9.64. The van der Waals surface area contributed by atoms with Gasteiger partial charge in [-0.25, -0.2) is 8.78 Å². The van der Waals surface area contributed by atoms with Gasteiger partial charge in [-0.1, -0.05) is 17.4 Å². The average molecular weight is 324 g/mol. The number of rotatable bonds is 1. The summed E-state index contributed by atoms with van der Waals surface area (Å²) in [7, 11) is 0. The third kappa shape index (κ3) is 1.76. The van der Waals surface area contributed by atoms with Gasteiger partial charge in [0, 0.05) is 0 Å². The number of hydrogen-bond acceptors (Lipinski definition) is 3. The lowest BCUT2D eigenvalue weighted by atomic mass is 10.2. The van der Waals surface area contributed by atoms with Crippen molar-refractivity contribution in [3.63, 3.8) is 0 Å². The van der Waals surface area contributed by atoms with Crippen molar-refractivity contribution in [3.8, 4) is 10.6 Å². The van der Waals surface area contributed by atoms with Crippen LogP contribution in [0, 0.1) is 14.6 Å². The highest BCUT2D eigenvalue weighted by Gasteiger charge is 2.14. The van der Waals surface area contributed by atoms with Crippen LogP contribution in [0.2, 0.25) is 0 Å². The van der Waals surface area contributed by atoms with Crippen LogP contribution in [-0.4, -0.2) is 10.2 Å². The van der Waals surface area contributed by atoms with Gasteiger partial charge in [-0.2, -0.15) is 0 Å². The van der Waals surface area contributed by atoms with Crippen LogP contribution in [-0.2, 0) is 0 Å². The molecule has 0 aliphatic rings. The van der Waals surface area contributed by atoms with Gasteiger partial charge in [0.2, 0.25) is 0 Å². The molecule has 0 saturated heterocycles. The molecule has 1 aromatic heterocycles. The molecular weight excluding hydrogens is 321 g/mol. The van der Waals surface area contributed by atoms with E-state index in [0.29, 0.717) is 3.01 Å². The summed E-state index contributed by atoms with van der Waals surface area (Å²) in [6.07, 6.45) is 0. The largest absolute Gasteiger partial charge is 0.206 e. The van der Waals surface area contributed by atoms with Crippen molar-refractivity contribution >= 4 is 33.9 Å². The molecule has 0 atom stereocenters. The summed E-state index contributed by atoms with van der Waals surface area (Å²) in [5.41, 5.74) is -0.104. The number of benzene rings is 1. The fourth-order valence-electron chi connectivity index (χ4n) is 1.01. The summed E-state index contributed by atoms with van der Waals surface area (Å²) in [6, 6.07) is 3.72. The predicted molar refractivity (Wildman–Crippen MR) is 58.0 cm³/mol. The molecule has 2 nitrogen and oxygen atoms in total. The quantitative estimate of drug-likeness (QED) is 0.754. The molecule has 72 valence electrons. The minimum Gasteiger partial charge on any atom is -0.206 e. The standard InChI is InChI=1S/C8H3F2IN2S/c9-4-2-1-3-5(10)6(4)7-12-13-8(11)14-7/h1-3H. The van der Waals surface area contributed by atoms with Crippen LogP contribution in [0.1, 0.15) is 0 Å². The maximum absolute atomic E-state index is 13.2. The molecule has 0 unspecified atom stereocenters. The first kappa shape index (κ1) is 9.91. The van der Waals surface area contributed by atoms with Gasteiger partial charge < -0.3 is 0 Å². The van der Waals surface area contributed by atoms with Gasteiger partial charge >= 0.3 is 0 Å². The molecule has 6 heteroatoms. The lowest BCUT2D eigenvalue weighted by molar-refractivity contribution is 0.589. The van der Waals surface area contributed by atoms with E-state index in [4.69, 9.17) is 0 Å². The Balaban J connectivity index is 2.61. The van der Waals surface area contributed by atoms with Crippen molar-refractivity contribution in [2.24, 2.45) is 0 Å². The van der Waals surface area contributed by atoms with E-state index in [9.17, 15) is 8.78 Å². The second-order valence-corrected chi connectivity index (χ2v) is 5.19. The second kappa shape index (κ2) is 3.85. The van der Waals surface area contributed by atoms with Crippen LogP contribution in [0.15, 0.2) is 18.2 Å². The molecule has 1 aromatic carbocycles. The van der Waals surface area contributed by atoms with Crippen molar-refractivity contribution in [1.29, 1.82) is 0 Å². The lowest BCUT2D eigenvalue weighted by Crippen LogP contribution is -1.88. The van der Waals surface area contributed by atoms with Crippen LogP contribution in [0.5, 0.6) is 0 Å². The highest BCUT2D eigenvalue weighted by atomic mass is 127. The Morgan fingerprint density at radius 3 is 2.29 bits per heavy atom. The van der Waals surface area contributed by atoms with Gasteiger partial charge in [0.15, 0.2) is 8.02 Å². The van der Waals surface area contributed by atoms with E-state index in [2.05, 4.69) is 10.2 Å². The molecule has 14 heavy (non-hydrogen) atoms. The smallest absolute Gasteiger partial charge is 0.178 e. The number of nitrogens with zero attached hydrogens (tertiary/aromatic N) is 2. The van der Waals surface area contributed by atoms with Gasteiger partial charge in [0.05, 0.1) is 5.56 Å². The molecule has 0 saturated carbocycles. The van der Waals surface area contributed by atoms with E-state index in [1.807, 2.05) is 22.6 Å². The molecule has 0 N–H and O–H groups in total. The van der Waals surface area contributed by atoms with E-state index in [1.165, 1.54) is 18.2 Å². The minimum atomic E-state index is -0.613. The molecule has 1 heterocycles. The Morgan fingerprint density at radius 2 is 1.79 bits per heavy atom.